The van der Waals surface area contributed by atoms with Crippen molar-refractivity contribution < 1.29 is 4.79 Å². The molecule has 3 aromatic rings. The van der Waals surface area contributed by atoms with Crippen LogP contribution < -0.4 is 5.32 Å². The van der Waals surface area contributed by atoms with Gasteiger partial charge in [0.05, 0.1) is 5.69 Å². The molecule has 0 bridgehead atoms. The summed E-state index contributed by atoms with van der Waals surface area (Å²) in [7, 11) is 0. The van der Waals surface area contributed by atoms with Gasteiger partial charge in [0.25, 0.3) is 5.91 Å². The molecule has 122 valence electrons. The van der Waals surface area contributed by atoms with Crippen molar-refractivity contribution in [3.63, 3.8) is 0 Å². The van der Waals surface area contributed by atoms with Crippen LogP contribution in [0.2, 0.25) is 0 Å². The van der Waals surface area contributed by atoms with Gasteiger partial charge in [0.15, 0.2) is 0 Å². The number of hydrogen-bond donors (Lipinski definition) is 1. The van der Waals surface area contributed by atoms with E-state index in [9.17, 15) is 4.79 Å². The first-order valence-electron chi connectivity index (χ1n) is 7.41. The number of rotatable bonds is 3. The van der Waals surface area contributed by atoms with Crippen molar-refractivity contribution in [3.05, 3.63) is 62.8 Å². The minimum atomic E-state index is -0.131. The fourth-order valence-electron chi connectivity index (χ4n) is 2.50. The highest BCUT2D eigenvalue weighted by Crippen LogP contribution is 2.30. The van der Waals surface area contributed by atoms with Crippen LogP contribution in [-0.2, 0) is 0 Å². The molecule has 3 rings (SSSR count). The van der Waals surface area contributed by atoms with E-state index in [4.69, 9.17) is 0 Å². The lowest BCUT2D eigenvalue weighted by Gasteiger charge is -2.11. The van der Waals surface area contributed by atoms with Crippen LogP contribution in [-0.4, -0.2) is 15.9 Å². The van der Waals surface area contributed by atoms with Gasteiger partial charge in [-0.3, -0.25) is 9.78 Å². The summed E-state index contributed by atoms with van der Waals surface area (Å²) in [6.45, 7) is 5.81. The van der Waals surface area contributed by atoms with Gasteiger partial charge in [-0.05, 0) is 56.2 Å². The van der Waals surface area contributed by atoms with Crippen LogP contribution in [0.3, 0.4) is 0 Å². The molecule has 0 saturated carbocycles. The summed E-state index contributed by atoms with van der Waals surface area (Å²) in [5.74, 6) is -0.131. The molecular weight excluding hydrogens is 386 g/mol. The van der Waals surface area contributed by atoms with Crippen LogP contribution >= 0.6 is 27.3 Å². The molecule has 0 spiro atoms. The third-order valence-electron chi connectivity index (χ3n) is 3.65. The average molecular weight is 402 g/mol. The molecule has 0 saturated heterocycles. The highest BCUT2D eigenvalue weighted by atomic mass is 79.9. The number of benzene rings is 1. The zero-order valence-electron chi connectivity index (χ0n) is 13.6. The van der Waals surface area contributed by atoms with Gasteiger partial charge in [-0.15, -0.1) is 11.3 Å². The minimum absolute atomic E-state index is 0.131. The van der Waals surface area contributed by atoms with E-state index in [0.29, 0.717) is 4.88 Å². The second-order valence-corrected chi connectivity index (χ2v) is 7.46. The zero-order valence-corrected chi connectivity index (χ0v) is 16.0. The molecule has 24 heavy (non-hydrogen) atoms. The third kappa shape index (κ3) is 3.39. The lowest BCUT2D eigenvalue weighted by atomic mass is 10.1. The smallest absolute Gasteiger partial charge is 0.267 e. The Labute approximate surface area is 153 Å². The first-order valence-corrected chi connectivity index (χ1v) is 9.02. The third-order valence-corrected chi connectivity index (χ3v) is 5.31. The summed E-state index contributed by atoms with van der Waals surface area (Å²) in [5.41, 5.74) is 4.53. The predicted octanol–water partition coefficient (Wildman–Crippen LogP) is 5.15. The Hall–Kier alpha value is -2.05. The number of anilines is 1. The van der Waals surface area contributed by atoms with Crippen LogP contribution in [0.25, 0.3) is 10.6 Å². The van der Waals surface area contributed by atoms with Crippen molar-refractivity contribution in [1.29, 1.82) is 0 Å². The van der Waals surface area contributed by atoms with Gasteiger partial charge in [0, 0.05) is 28.1 Å². The van der Waals surface area contributed by atoms with Crippen LogP contribution in [0.15, 0.2) is 41.1 Å². The summed E-state index contributed by atoms with van der Waals surface area (Å²) in [5, 5.41) is 3.82. The highest BCUT2D eigenvalue weighted by molar-refractivity contribution is 9.10. The predicted molar refractivity (Wildman–Crippen MR) is 102 cm³/mol. The molecule has 0 unspecified atom stereocenters. The standard InChI is InChI=1S/C18H16BrN3OS/c1-10-7-14(19)8-11(2)15(10)22-17(23)16-12(3)21-18(24-16)13-5-4-6-20-9-13/h4-9H,1-3H3,(H,22,23). The Bertz CT molecular complexity index is 883. The van der Waals surface area contributed by atoms with Gasteiger partial charge in [0.2, 0.25) is 0 Å². The lowest BCUT2D eigenvalue weighted by molar-refractivity contribution is 0.102. The number of carbonyl (C=O) groups excluding carboxylic acids is 1. The Morgan fingerprint density at radius 1 is 1.21 bits per heavy atom. The van der Waals surface area contributed by atoms with E-state index in [1.807, 2.05) is 45.0 Å². The molecule has 2 heterocycles. The fourth-order valence-corrected chi connectivity index (χ4v) is 4.14. The van der Waals surface area contributed by atoms with E-state index in [-0.39, 0.29) is 5.91 Å². The second-order valence-electron chi connectivity index (χ2n) is 5.54. The maximum atomic E-state index is 12.7. The molecule has 0 fully saturated rings. The Morgan fingerprint density at radius 2 is 1.92 bits per heavy atom. The summed E-state index contributed by atoms with van der Waals surface area (Å²) in [4.78, 5) is 21.9. The van der Waals surface area contributed by atoms with Crippen molar-refractivity contribution in [2.45, 2.75) is 20.8 Å². The van der Waals surface area contributed by atoms with E-state index in [0.717, 1.165) is 37.6 Å². The number of hydrogen-bond acceptors (Lipinski definition) is 4. The molecule has 0 aliphatic heterocycles. The van der Waals surface area contributed by atoms with Gasteiger partial charge in [-0.2, -0.15) is 0 Å². The number of halogens is 1. The van der Waals surface area contributed by atoms with E-state index in [1.165, 1.54) is 11.3 Å². The first kappa shape index (κ1) is 16.8. The molecular formula is C18H16BrN3OS. The van der Waals surface area contributed by atoms with Crippen molar-refractivity contribution in [3.8, 4) is 10.6 Å². The topological polar surface area (TPSA) is 54.9 Å². The molecule has 1 N–H and O–H groups in total. The molecule has 6 heteroatoms. The van der Waals surface area contributed by atoms with Gasteiger partial charge in [-0.25, -0.2) is 4.98 Å². The average Bonchev–Trinajstić information content (AvgIpc) is 2.93. The summed E-state index contributed by atoms with van der Waals surface area (Å²) < 4.78 is 1.00. The van der Waals surface area contributed by atoms with Crippen LogP contribution in [0.4, 0.5) is 5.69 Å². The number of aryl methyl sites for hydroxylation is 3. The lowest BCUT2D eigenvalue weighted by Crippen LogP contribution is -2.13. The summed E-state index contributed by atoms with van der Waals surface area (Å²) in [6, 6.07) is 7.78. The largest absolute Gasteiger partial charge is 0.321 e. The molecule has 0 aliphatic rings. The number of pyridine rings is 1. The molecule has 0 atom stereocenters. The number of nitrogens with zero attached hydrogens (tertiary/aromatic N) is 2. The quantitative estimate of drug-likeness (QED) is 0.660. The SMILES string of the molecule is Cc1cc(Br)cc(C)c1NC(=O)c1sc(-c2cccnc2)nc1C. The summed E-state index contributed by atoms with van der Waals surface area (Å²) >= 11 is 4.85. The fraction of sp³-hybridized carbons (Fsp3) is 0.167. The van der Waals surface area contributed by atoms with E-state index >= 15 is 0 Å². The Morgan fingerprint density at radius 3 is 2.54 bits per heavy atom. The molecule has 0 aliphatic carbocycles. The van der Waals surface area contributed by atoms with Gasteiger partial charge < -0.3 is 5.32 Å². The van der Waals surface area contributed by atoms with E-state index in [1.54, 1.807) is 12.4 Å². The van der Waals surface area contributed by atoms with Crippen molar-refractivity contribution in [2.24, 2.45) is 0 Å². The van der Waals surface area contributed by atoms with Gasteiger partial charge in [0.1, 0.15) is 9.88 Å². The second kappa shape index (κ2) is 6.83. The number of aromatic nitrogens is 2. The number of nitrogens with one attached hydrogen (secondary N) is 1. The molecule has 1 aromatic carbocycles. The molecule has 4 nitrogen and oxygen atoms in total. The Balaban J connectivity index is 1.90. The van der Waals surface area contributed by atoms with Crippen LogP contribution in [0.1, 0.15) is 26.5 Å². The van der Waals surface area contributed by atoms with Crippen LogP contribution in [0, 0.1) is 20.8 Å². The van der Waals surface area contributed by atoms with Crippen molar-refractivity contribution >= 4 is 38.9 Å². The van der Waals surface area contributed by atoms with Crippen molar-refractivity contribution in [2.75, 3.05) is 5.32 Å². The zero-order chi connectivity index (χ0) is 17.3. The summed E-state index contributed by atoms with van der Waals surface area (Å²) in [6.07, 6.45) is 3.47. The maximum Gasteiger partial charge on any atom is 0.267 e. The minimum Gasteiger partial charge on any atom is -0.321 e. The Kier molecular flexibility index (Phi) is 4.78. The van der Waals surface area contributed by atoms with Crippen LogP contribution in [0.5, 0.6) is 0 Å². The molecule has 2 aromatic heterocycles. The van der Waals surface area contributed by atoms with E-state index < -0.39 is 0 Å². The number of amides is 1. The maximum absolute atomic E-state index is 12.7. The monoisotopic (exact) mass is 401 g/mol. The highest BCUT2D eigenvalue weighted by Gasteiger charge is 2.18. The number of carbonyl (C=O) groups is 1. The molecule has 0 radical (unpaired) electrons. The molecule has 1 amide bonds. The van der Waals surface area contributed by atoms with E-state index in [2.05, 4.69) is 31.2 Å². The van der Waals surface area contributed by atoms with Gasteiger partial charge in [-0.1, -0.05) is 15.9 Å². The number of thiazole rings is 1. The van der Waals surface area contributed by atoms with Crippen molar-refractivity contribution in [1.82, 2.24) is 9.97 Å². The first-order chi connectivity index (χ1) is 11.5. The normalized spacial score (nSPS) is 10.7. The van der Waals surface area contributed by atoms with Gasteiger partial charge >= 0.3 is 0 Å².